The molecule has 1 fully saturated rings. The van der Waals surface area contributed by atoms with Gasteiger partial charge in [-0.1, -0.05) is 12.1 Å². The smallest absolute Gasteiger partial charge is 0.404 e. The zero-order valence-electron chi connectivity index (χ0n) is 12.9. The SMILES string of the molecule is O=C(O)NCCc1ccc2c(c1)C(=O)N([C@H]1CCC(=O)NC1=O)C2. The highest BCUT2D eigenvalue weighted by Gasteiger charge is 2.38. The summed E-state index contributed by atoms with van der Waals surface area (Å²) in [4.78, 5) is 47.8. The molecule has 1 aromatic rings. The van der Waals surface area contributed by atoms with Crippen molar-refractivity contribution in [3.63, 3.8) is 0 Å². The minimum Gasteiger partial charge on any atom is -0.465 e. The molecule has 126 valence electrons. The van der Waals surface area contributed by atoms with Crippen LogP contribution in [-0.2, 0) is 22.6 Å². The van der Waals surface area contributed by atoms with E-state index in [1.54, 1.807) is 6.07 Å². The van der Waals surface area contributed by atoms with Crippen LogP contribution in [0.5, 0.6) is 0 Å². The van der Waals surface area contributed by atoms with Crippen molar-refractivity contribution in [1.82, 2.24) is 15.5 Å². The topological polar surface area (TPSA) is 116 Å². The van der Waals surface area contributed by atoms with Crippen LogP contribution in [0, 0.1) is 0 Å². The minimum absolute atomic E-state index is 0.225. The molecule has 2 heterocycles. The number of hydrogen-bond donors (Lipinski definition) is 3. The average Bonchev–Trinajstić information content (AvgIpc) is 2.84. The summed E-state index contributed by atoms with van der Waals surface area (Å²) in [5, 5.41) is 13.1. The van der Waals surface area contributed by atoms with E-state index in [1.807, 2.05) is 12.1 Å². The molecule has 0 saturated carbocycles. The van der Waals surface area contributed by atoms with E-state index in [-0.39, 0.29) is 24.8 Å². The predicted octanol–water partition coefficient (Wildman–Crippen LogP) is 0.258. The van der Waals surface area contributed by atoms with Crippen LogP contribution in [0.1, 0.15) is 34.3 Å². The first kappa shape index (κ1) is 16.0. The molecule has 2 aliphatic heterocycles. The van der Waals surface area contributed by atoms with Gasteiger partial charge in [0.05, 0.1) is 0 Å². The maximum absolute atomic E-state index is 12.6. The van der Waals surface area contributed by atoms with Crippen LogP contribution in [0.25, 0.3) is 0 Å². The summed E-state index contributed by atoms with van der Waals surface area (Å²) in [6.07, 6.45) is -0.0514. The molecule has 3 N–H and O–H groups in total. The van der Waals surface area contributed by atoms with Gasteiger partial charge in [-0.05, 0) is 30.0 Å². The molecule has 1 atom stereocenters. The third-order valence-electron chi connectivity index (χ3n) is 4.28. The van der Waals surface area contributed by atoms with E-state index in [0.717, 1.165) is 11.1 Å². The van der Waals surface area contributed by atoms with Crippen LogP contribution in [0.2, 0.25) is 0 Å². The van der Waals surface area contributed by atoms with Crippen LogP contribution in [0.4, 0.5) is 4.79 Å². The summed E-state index contributed by atoms with van der Waals surface area (Å²) in [6, 6.07) is 4.80. The van der Waals surface area contributed by atoms with Crippen LogP contribution < -0.4 is 10.6 Å². The van der Waals surface area contributed by atoms with Crippen molar-refractivity contribution in [3.05, 3.63) is 34.9 Å². The van der Waals surface area contributed by atoms with Gasteiger partial charge in [0.2, 0.25) is 11.8 Å². The number of nitrogens with zero attached hydrogens (tertiary/aromatic N) is 1. The molecule has 8 heteroatoms. The zero-order chi connectivity index (χ0) is 17.3. The molecule has 0 radical (unpaired) electrons. The second kappa shape index (κ2) is 6.31. The highest BCUT2D eigenvalue weighted by molar-refractivity contribution is 6.05. The number of amides is 4. The summed E-state index contributed by atoms with van der Waals surface area (Å²) in [6.45, 7) is 0.604. The van der Waals surface area contributed by atoms with Gasteiger partial charge in [0, 0.05) is 25.1 Å². The van der Waals surface area contributed by atoms with Crippen LogP contribution >= 0.6 is 0 Å². The number of carbonyl (C=O) groups excluding carboxylic acids is 3. The third kappa shape index (κ3) is 3.08. The number of benzene rings is 1. The fourth-order valence-electron chi connectivity index (χ4n) is 3.07. The number of piperidine rings is 1. The van der Waals surface area contributed by atoms with E-state index in [2.05, 4.69) is 10.6 Å². The van der Waals surface area contributed by atoms with Gasteiger partial charge >= 0.3 is 6.09 Å². The molecule has 0 aromatic heterocycles. The molecular formula is C16H17N3O5. The Hall–Kier alpha value is -2.90. The molecule has 24 heavy (non-hydrogen) atoms. The van der Waals surface area contributed by atoms with Crippen molar-refractivity contribution in [1.29, 1.82) is 0 Å². The lowest BCUT2D eigenvalue weighted by Gasteiger charge is -2.29. The van der Waals surface area contributed by atoms with Crippen molar-refractivity contribution in [3.8, 4) is 0 Å². The summed E-state index contributed by atoms with van der Waals surface area (Å²) in [5.74, 6) is -0.973. The Bertz CT molecular complexity index is 730. The van der Waals surface area contributed by atoms with Crippen molar-refractivity contribution in [2.45, 2.75) is 31.8 Å². The number of nitrogens with one attached hydrogen (secondary N) is 2. The van der Waals surface area contributed by atoms with Gasteiger partial charge in [-0.2, -0.15) is 0 Å². The molecule has 0 spiro atoms. The second-order valence-corrected chi connectivity index (χ2v) is 5.87. The van der Waals surface area contributed by atoms with Gasteiger partial charge in [0.15, 0.2) is 0 Å². The number of rotatable bonds is 4. The lowest BCUT2D eigenvalue weighted by molar-refractivity contribution is -0.136. The van der Waals surface area contributed by atoms with E-state index in [4.69, 9.17) is 5.11 Å². The first-order valence-corrected chi connectivity index (χ1v) is 7.69. The number of carbonyl (C=O) groups is 4. The molecule has 1 aromatic carbocycles. The largest absolute Gasteiger partial charge is 0.465 e. The maximum atomic E-state index is 12.6. The normalized spacial score (nSPS) is 19.9. The number of fused-ring (bicyclic) bond motifs is 1. The standard InChI is InChI=1S/C16H17N3O5/c20-13-4-3-12(14(21)18-13)19-8-10-2-1-9(5-6-17-16(23)24)7-11(10)15(19)22/h1-2,7,12,17H,3-6,8H2,(H,23,24)(H,18,20,21)/t12-/m0/s1. The Labute approximate surface area is 137 Å². The summed E-state index contributed by atoms with van der Waals surface area (Å²) >= 11 is 0. The average molecular weight is 331 g/mol. The Kier molecular flexibility index (Phi) is 4.20. The third-order valence-corrected chi connectivity index (χ3v) is 4.28. The monoisotopic (exact) mass is 331 g/mol. The fourth-order valence-corrected chi connectivity index (χ4v) is 3.07. The molecule has 0 bridgehead atoms. The van der Waals surface area contributed by atoms with Crippen molar-refractivity contribution in [2.75, 3.05) is 6.54 Å². The van der Waals surface area contributed by atoms with Gasteiger partial charge in [-0.25, -0.2) is 4.79 Å². The van der Waals surface area contributed by atoms with Crippen LogP contribution in [0.3, 0.4) is 0 Å². The Balaban J connectivity index is 1.72. The van der Waals surface area contributed by atoms with Crippen molar-refractivity contribution >= 4 is 23.8 Å². The molecule has 4 amide bonds. The molecule has 0 unspecified atom stereocenters. The van der Waals surface area contributed by atoms with Gasteiger partial charge in [0.1, 0.15) is 6.04 Å². The van der Waals surface area contributed by atoms with E-state index in [0.29, 0.717) is 24.9 Å². The molecule has 2 aliphatic rings. The van der Waals surface area contributed by atoms with E-state index >= 15 is 0 Å². The quantitative estimate of drug-likeness (QED) is 0.684. The fraction of sp³-hybridized carbons (Fsp3) is 0.375. The van der Waals surface area contributed by atoms with E-state index in [1.165, 1.54) is 4.90 Å². The molecular weight excluding hydrogens is 314 g/mol. The van der Waals surface area contributed by atoms with E-state index < -0.39 is 18.0 Å². The van der Waals surface area contributed by atoms with Crippen LogP contribution in [-0.4, -0.2) is 46.4 Å². The van der Waals surface area contributed by atoms with Crippen molar-refractivity contribution in [2.24, 2.45) is 0 Å². The lowest BCUT2D eigenvalue weighted by Crippen LogP contribution is -2.52. The Morgan fingerprint density at radius 3 is 2.83 bits per heavy atom. The number of imide groups is 1. The molecule has 1 saturated heterocycles. The van der Waals surface area contributed by atoms with Crippen LogP contribution in [0.15, 0.2) is 18.2 Å². The second-order valence-electron chi connectivity index (χ2n) is 5.87. The molecule has 3 rings (SSSR count). The highest BCUT2D eigenvalue weighted by atomic mass is 16.4. The van der Waals surface area contributed by atoms with Gasteiger partial charge in [-0.3, -0.25) is 19.7 Å². The molecule has 0 aliphatic carbocycles. The first-order valence-electron chi connectivity index (χ1n) is 7.69. The Morgan fingerprint density at radius 1 is 1.33 bits per heavy atom. The minimum atomic E-state index is -1.09. The number of hydrogen-bond acceptors (Lipinski definition) is 4. The molecule has 8 nitrogen and oxygen atoms in total. The van der Waals surface area contributed by atoms with Crippen molar-refractivity contribution < 1.29 is 24.3 Å². The maximum Gasteiger partial charge on any atom is 0.404 e. The summed E-state index contributed by atoms with van der Waals surface area (Å²) in [7, 11) is 0. The summed E-state index contributed by atoms with van der Waals surface area (Å²) in [5.41, 5.74) is 2.22. The summed E-state index contributed by atoms with van der Waals surface area (Å²) < 4.78 is 0. The lowest BCUT2D eigenvalue weighted by atomic mass is 10.0. The predicted molar refractivity (Wildman–Crippen MR) is 82.2 cm³/mol. The highest BCUT2D eigenvalue weighted by Crippen LogP contribution is 2.28. The first-order chi connectivity index (χ1) is 11.5. The van der Waals surface area contributed by atoms with Gasteiger partial charge < -0.3 is 15.3 Å². The Morgan fingerprint density at radius 2 is 2.12 bits per heavy atom. The van der Waals surface area contributed by atoms with E-state index in [9.17, 15) is 19.2 Å². The van der Waals surface area contributed by atoms with Gasteiger partial charge in [0.25, 0.3) is 5.91 Å². The number of carboxylic acid groups (broad SMARTS) is 1. The zero-order valence-corrected chi connectivity index (χ0v) is 12.9. The van der Waals surface area contributed by atoms with Gasteiger partial charge in [-0.15, -0.1) is 0 Å².